The summed E-state index contributed by atoms with van der Waals surface area (Å²) in [6, 6.07) is 8.65. The number of fused-ring (bicyclic) bond motifs is 1. The Morgan fingerprint density at radius 1 is 1.43 bits per heavy atom. The van der Waals surface area contributed by atoms with Gasteiger partial charge in [0.2, 0.25) is 0 Å². The van der Waals surface area contributed by atoms with E-state index in [4.69, 9.17) is 9.26 Å². The summed E-state index contributed by atoms with van der Waals surface area (Å²) in [6.45, 7) is 0.608. The van der Waals surface area contributed by atoms with Gasteiger partial charge in [-0.2, -0.15) is 0 Å². The fraction of sp³-hybridized carbons (Fsp3) is 0.267. The normalized spacial score (nSPS) is 14.1. The number of ketones is 1. The van der Waals surface area contributed by atoms with Crippen molar-refractivity contribution in [3.63, 3.8) is 0 Å². The van der Waals surface area contributed by atoms with E-state index in [1.807, 2.05) is 0 Å². The van der Waals surface area contributed by atoms with Gasteiger partial charge in [0.15, 0.2) is 17.2 Å². The number of rotatable bonds is 3. The standard InChI is InChI=1S/C15H14N2O4/c1-20-9-10-8-12(16-21-10)15(19)17-7-6-14(18)11-4-2-3-5-13(11)17/h2-5,8H,6-7,9H2,1H3. The van der Waals surface area contributed by atoms with Crippen LogP contribution in [0.2, 0.25) is 0 Å². The molecule has 1 aliphatic rings. The fourth-order valence-corrected chi connectivity index (χ4v) is 2.39. The zero-order chi connectivity index (χ0) is 14.8. The van der Waals surface area contributed by atoms with Crippen LogP contribution in [0.5, 0.6) is 0 Å². The fourth-order valence-electron chi connectivity index (χ4n) is 2.39. The number of nitrogens with zero attached hydrogens (tertiary/aromatic N) is 2. The van der Waals surface area contributed by atoms with Crippen LogP contribution in [0.15, 0.2) is 34.9 Å². The molecule has 21 heavy (non-hydrogen) atoms. The molecule has 1 amide bonds. The van der Waals surface area contributed by atoms with Crippen molar-refractivity contribution in [1.29, 1.82) is 0 Å². The zero-order valence-corrected chi connectivity index (χ0v) is 11.5. The number of amides is 1. The number of benzene rings is 1. The predicted molar refractivity (Wildman–Crippen MR) is 74.3 cm³/mol. The van der Waals surface area contributed by atoms with Crippen molar-refractivity contribution in [2.75, 3.05) is 18.6 Å². The van der Waals surface area contributed by atoms with E-state index in [9.17, 15) is 9.59 Å². The number of carbonyl (C=O) groups is 2. The maximum Gasteiger partial charge on any atom is 0.280 e. The molecule has 1 aromatic heterocycles. The van der Waals surface area contributed by atoms with Crippen molar-refractivity contribution >= 4 is 17.4 Å². The molecule has 3 rings (SSSR count). The quantitative estimate of drug-likeness (QED) is 0.863. The van der Waals surface area contributed by atoms with Crippen LogP contribution in [0.3, 0.4) is 0 Å². The monoisotopic (exact) mass is 286 g/mol. The molecule has 2 heterocycles. The van der Waals surface area contributed by atoms with Gasteiger partial charge >= 0.3 is 0 Å². The molecule has 2 aromatic rings. The summed E-state index contributed by atoms with van der Waals surface area (Å²) in [5.41, 5.74) is 1.40. The first-order valence-corrected chi connectivity index (χ1v) is 6.59. The van der Waals surface area contributed by atoms with E-state index in [1.54, 1.807) is 35.2 Å². The van der Waals surface area contributed by atoms with Gasteiger partial charge < -0.3 is 14.2 Å². The molecular weight excluding hydrogens is 272 g/mol. The average molecular weight is 286 g/mol. The third-order valence-electron chi connectivity index (χ3n) is 3.37. The second-order valence-corrected chi connectivity index (χ2v) is 4.76. The minimum atomic E-state index is -0.277. The largest absolute Gasteiger partial charge is 0.377 e. The topological polar surface area (TPSA) is 72.6 Å². The lowest BCUT2D eigenvalue weighted by atomic mass is 10.00. The number of para-hydroxylation sites is 1. The molecule has 108 valence electrons. The van der Waals surface area contributed by atoms with Crippen molar-refractivity contribution in [3.8, 4) is 0 Å². The summed E-state index contributed by atoms with van der Waals surface area (Å²) < 4.78 is 9.97. The maximum atomic E-state index is 12.5. The molecule has 6 heteroatoms. The Morgan fingerprint density at radius 2 is 2.24 bits per heavy atom. The van der Waals surface area contributed by atoms with Crippen LogP contribution in [-0.4, -0.2) is 30.5 Å². The second-order valence-electron chi connectivity index (χ2n) is 4.76. The van der Waals surface area contributed by atoms with Crippen LogP contribution < -0.4 is 4.90 Å². The van der Waals surface area contributed by atoms with E-state index < -0.39 is 0 Å². The summed E-state index contributed by atoms with van der Waals surface area (Å²) in [4.78, 5) is 26.0. The van der Waals surface area contributed by atoms with Gasteiger partial charge in [0.25, 0.3) is 5.91 Å². The summed E-state index contributed by atoms with van der Waals surface area (Å²) in [7, 11) is 1.54. The Labute approximate surface area is 121 Å². The van der Waals surface area contributed by atoms with Crippen LogP contribution in [0, 0.1) is 0 Å². The third kappa shape index (κ3) is 2.45. The molecular formula is C15H14N2O4. The van der Waals surface area contributed by atoms with E-state index >= 15 is 0 Å². The lowest BCUT2D eigenvalue weighted by Crippen LogP contribution is -2.37. The van der Waals surface area contributed by atoms with Crippen molar-refractivity contribution in [2.24, 2.45) is 0 Å². The molecule has 0 radical (unpaired) electrons. The number of aromatic nitrogens is 1. The van der Waals surface area contributed by atoms with Gasteiger partial charge in [-0.25, -0.2) is 0 Å². The Morgan fingerprint density at radius 3 is 3.05 bits per heavy atom. The maximum absolute atomic E-state index is 12.5. The van der Waals surface area contributed by atoms with E-state index in [0.717, 1.165) is 0 Å². The van der Waals surface area contributed by atoms with Crippen LogP contribution in [0.4, 0.5) is 5.69 Å². The van der Waals surface area contributed by atoms with Crippen LogP contribution >= 0.6 is 0 Å². The number of anilines is 1. The van der Waals surface area contributed by atoms with Gasteiger partial charge in [0.05, 0.1) is 5.69 Å². The molecule has 0 saturated carbocycles. The molecule has 0 fully saturated rings. The summed E-state index contributed by atoms with van der Waals surface area (Å²) in [5, 5.41) is 3.77. The first-order valence-electron chi connectivity index (χ1n) is 6.59. The lowest BCUT2D eigenvalue weighted by Gasteiger charge is -2.27. The van der Waals surface area contributed by atoms with Crippen molar-refractivity contribution in [1.82, 2.24) is 5.16 Å². The van der Waals surface area contributed by atoms with Crippen LogP contribution in [-0.2, 0) is 11.3 Å². The first-order chi connectivity index (χ1) is 10.2. The van der Waals surface area contributed by atoms with Gasteiger partial charge in [-0.1, -0.05) is 17.3 Å². The number of hydrogen-bond donors (Lipinski definition) is 0. The SMILES string of the molecule is COCc1cc(C(=O)N2CCC(=O)c3ccccc32)no1. The zero-order valence-electron chi connectivity index (χ0n) is 11.5. The number of carbonyl (C=O) groups excluding carboxylic acids is 2. The Balaban J connectivity index is 1.91. The van der Waals surface area contributed by atoms with Gasteiger partial charge in [0, 0.05) is 31.7 Å². The van der Waals surface area contributed by atoms with E-state index in [0.29, 0.717) is 30.0 Å². The highest BCUT2D eigenvalue weighted by molar-refractivity contribution is 6.12. The molecule has 0 saturated heterocycles. The molecule has 0 bridgehead atoms. The number of Topliss-reactive ketones (excluding diaryl/α,β-unsaturated/α-hetero) is 1. The van der Waals surface area contributed by atoms with Gasteiger partial charge in [-0.15, -0.1) is 0 Å². The predicted octanol–water partition coefficient (Wildman–Crippen LogP) is 2.05. The van der Waals surface area contributed by atoms with E-state index in [-0.39, 0.29) is 24.0 Å². The second kappa shape index (κ2) is 5.49. The number of ether oxygens (including phenoxy) is 1. The van der Waals surface area contributed by atoms with Gasteiger partial charge in [-0.3, -0.25) is 9.59 Å². The molecule has 0 atom stereocenters. The number of hydrogen-bond acceptors (Lipinski definition) is 5. The van der Waals surface area contributed by atoms with Gasteiger partial charge in [-0.05, 0) is 12.1 Å². The summed E-state index contributed by atoms with van der Waals surface area (Å²) in [5.74, 6) is 0.262. The Kier molecular flexibility index (Phi) is 3.53. The smallest absolute Gasteiger partial charge is 0.280 e. The van der Waals surface area contributed by atoms with Crippen molar-refractivity contribution in [2.45, 2.75) is 13.0 Å². The minimum absolute atomic E-state index is 0.0508. The highest BCUT2D eigenvalue weighted by Crippen LogP contribution is 2.28. The van der Waals surface area contributed by atoms with E-state index in [1.165, 1.54) is 7.11 Å². The molecule has 0 aliphatic carbocycles. The Bertz CT molecular complexity index is 692. The molecule has 0 N–H and O–H groups in total. The van der Waals surface area contributed by atoms with Crippen LogP contribution in [0.1, 0.15) is 33.0 Å². The Hall–Kier alpha value is -2.47. The lowest BCUT2D eigenvalue weighted by molar-refractivity contribution is 0.0950. The van der Waals surface area contributed by atoms with Crippen LogP contribution in [0.25, 0.3) is 0 Å². The molecule has 0 unspecified atom stereocenters. The average Bonchev–Trinajstić information content (AvgIpc) is 2.96. The molecule has 0 spiro atoms. The van der Waals surface area contributed by atoms with Crippen molar-refractivity contribution < 1.29 is 18.8 Å². The van der Waals surface area contributed by atoms with Crippen molar-refractivity contribution in [3.05, 3.63) is 47.3 Å². The van der Waals surface area contributed by atoms with Gasteiger partial charge in [0.1, 0.15) is 6.61 Å². The first kappa shape index (κ1) is 13.5. The molecule has 1 aliphatic heterocycles. The van der Waals surface area contributed by atoms with E-state index in [2.05, 4.69) is 5.16 Å². The summed E-state index contributed by atoms with van der Waals surface area (Å²) in [6.07, 6.45) is 0.311. The molecule has 1 aromatic carbocycles. The minimum Gasteiger partial charge on any atom is -0.377 e. The molecule has 6 nitrogen and oxygen atoms in total. The summed E-state index contributed by atoms with van der Waals surface area (Å²) >= 11 is 0. The third-order valence-corrected chi connectivity index (χ3v) is 3.37. The highest BCUT2D eigenvalue weighted by atomic mass is 16.5. The number of methoxy groups -OCH3 is 1. The highest BCUT2D eigenvalue weighted by Gasteiger charge is 2.29.